The molecule has 0 spiro atoms. The Bertz CT molecular complexity index is 379. The van der Waals surface area contributed by atoms with Crippen LogP contribution in [-0.2, 0) is 24.7 Å². The average Bonchev–Trinajstić information content (AvgIpc) is 2.43. The van der Waals surface area contributed by atoms with Crippen molar-refractivity contribution >= 4 is 0 Å². The quantitative estimate of drug-likeness (QED) is 0.773. The Labute approximate surface area is 119 Å². The Kier molecular flexibility index (Phi) is 6.06. The van der Waals surface area contributed by atoms with E-state index < -0.39 is 0 Å². The highest BCUT2D eigenvalue weighted by atomic mass is 14.8. The van der Waals surface area contributed by atoms with Gasteiger partial charge in [-0.3, -0.25) is 0 Å². The number of rotatable bonds is 7. The highest BCUT2D eigenvalue weighted by Gasteiger charge is 2.25. The molecule has 0 aromatic heterocycles. The van der Waals surface area contributed by atoms with E-state index in [2.05, 4.69) is 52.1 Å². The molecule has 0 saturated heterocycles. The van der Waals surface area contributed by atoms with Crippen LogP contribution in [-0.4, -0.2) is 13.6 Å². The SMILES string of the molecule is CCc1cc(CC)c(C(C)(C)CCNC)c(CC)c1. The lowest BCUT2D eigenvalue weighted by Crippen LogP contribution is -2.26. The van der Waals surface area contributed by atoms with Gasteiger partial charge in [0.05, 0.1) is 0 Å². The van der Waals surface area contributed by atoms with Crippen molar-refractivity contribution in [3.8, 4) is 0 Å². The third-order valence-corrected chi connectivity index (χ3v) is 4.21. The monoisotopic (exact) mass is 261 g/mol. The van der Waals surface area contributed by atoms with Crippen molar-refractivity contribution in [3.63, 3.8) is 0 Å². The first-order chi connectivity index (χ1) is 9.00. The Morgan fingerprint density at radius 3 is 1.84 bits per heavy atom. The summed E-state index contributed by atoms with van der Waals surface area (Å²) in [5.41, 5.74) is 6.45. The minimum Gasteiger partial charge on any atom is -0.320 e. The number of hydrogen-bond donors (Lipinski definition) is 1. The summed E-state index contributed by atoms with van der Waals surface area (Å²) in [5, 5.41) is 3.29. The third-order valence-electron chi connectivity index (χ3n) is 4.21. The zero-order valence-electron chi connectivity index (χ0n) is 13.7. The van der Waals surface area contributed by atoms with Crippen LogP contribution in [0.3, 0.4) is 0 Å². The highest BCUT2D eigenvalue weighted by Crippen LogP contribution is 2.34. The molecule has 0 aliphatic rings. The number of benzene rings is 1. The number of aryl methyl sites for hydroxylation is 3. The molecule has 0 aliphatic carbocycles. The van der Waals surface area contributed by atoms with Crippen molar-refractivity contribution in [3.05, 3.63) is 34.4 Å². The maximum Gasteiger partial charge on any atom is -0.00436 e. The van der Waals surface area contributed by atoms with E-state index in [1.54, 1.807) is 16.7 Å². The molecule has 1 heteroatoms. The lowest BCUT2D eigenvalue weighted by Gasteiger charge is -2.31. The fourth-order valence-electron chi connectivity index (χ4n) is 3.03. The normalized spacial score (nSPS) is 11.9. The Morgan fingerprint density at radius 2 is 1.47 bits per heavy atom. The molecule has 0 radical (unpaired) electrons. The molecular formula is C18H31N. The van der Waals surface area contributed by atoms with Gasteiger partial charge in [-0.2, -0.15) is 0 Å². The summed E-state index contributed by atoms with van der Waals surface area (Å²) in [6, 6.07) is 4.85. The van der Waals surface area contributed by atoms with Crippen LogP contribution in [0.2, 0.25) is 0 Å². The summed E-state index contributed by atoms with van der Waals surface area (Å²) < 4.78 is 0. The van der Waals surface area contributed by atoms with E-state index >= 15 is 0 Å². The van der Waals surface area contributed by atoms with E-state index in [9.17, 15) is 0 Å². The van der Waals surface area contributed by atoms with Crippen LogP contribution >= 0.6 is 0 Å². The van der Waals surface area contributed by atoms with E-state index in [1.165, 1.54) is 12.0 Å². The standard InChI is InChI=1S/C18H31N/c1-7-14-12-15(8-2)17(16(9-3)13-14)18(4,5)10-11-19-6/h12-13,19H,7-11H2,1-6H3. The fourth-order valence-corrected chi connectivity index (χ4v) is 3.03. The zero-order chi connectivity index (χ0) is 14.5. The summed E-state index contributed by atoms with van der Waals surface area (Å²) in [5.74, 6) is 0. The number of hydrogen-bond acceptors (Lipinski definition) is 1. The molecule has 1 N–H and O–H groups in total. The van der Waals surface area contributed by atoms with Crippen molar-refractivity contribution in [1.82, 2.24) is 5.32 Å². The second kappa shape index (κ2) is 7.09. The van der Waals surface area contributed by atoms with Gasteiger partial charge >= 0.3 is 0 Å². The molecule has 0 bridgehead atoms. The molecule has 0 fully saturated rings. The van der Waals surface area contributed by atoms with Crippen LogP contribution in [0.4, 0.5) is 0 Å². The Hall–Kier alpha value is -0.820. The van der Waals surface area contributed by atoms with Crippen LogP contribution in [0.5, 0.6) is 0 Å². The fraction of sp³-hybridized carbons (Fsp3) is 0.667. The van der Waals surface area contributed by atoms with Gasteiger partial charge in [0.15, 0.2) is 0 Å². The van der Waals surface area contributed by atoms with Crippen molar-refractivity contribution < 1.29 is 0 Å². The molecular weight excluding hydrogens is 230 g/mol. The van der Waals surface area contributed by atoms with Crippen LogP contribution < -0.4 is 5.32 Å². The largest absolute Gasteiger partial charge is 0.320 e. The topological polar surface area (TPSA) is 12.0 Å². The number of nitrogens with one attached hydrogen (secondary N) is 1. The molecule has 108 valence electrons. The highest BCUT2D eigenvalue weighted by molar-refractivity contribution is 5.44. The van der Waals surface area contributed by atoms with Gasteiger partial charge in [-0.25, -0.2) is 0 Å². The molecule has 1 rings (SSSR count). The van der Waals surface area contributed by atoms with E-state index in [-0.39, 0.29) is 5.41 Å². The first-order valence-electron chi connectivity index (χ1n) is 7.79. The molecule has 0 saturated carbocycles. The maximum absolute atomic E-state index is 3.29. The van der Waals surface area contributed by atoms with Crippen LogP contribution in [0, 0.1) is 0 Å². The molecule has 0 atom stereocenters. The van der Waals surface area contributed by atoms with Gasteiger partial charge < -0.3 is 5.32 Å². The third kappa shape index (κ3) is 3.82. The average molecular weight is 261 g/mol. The van der Waals surface area contributed by atoms with E-state index in [0.29, 0.717) is 0 Å². The van der Waals surface area contributed by atoms with Gasteiger partial charge in [0, 0.05) is 0 Å². The second-order valence-electron chi connectivity index (χ2n) is 6.09. The smallest absolute Gasteiger partial charge is 0.00436 e. The van der Waals surface area contributed by atoms with E-state index in [1.807, 2.05) is 7.05 Å². The molecule has 1 aromatic rings. The molecule has 0 aliphatic heterocycles. The Morgan fingerprint density at radius 1 is 0.947 bits per heavy atom. The summed E-state index contributed by atoms with van der Waals surface area (Å²) in [6.07, 6.45) is 4.60. The first kappa shape index (κ1) is 16.2. The summed E-state index contributed by atoms with van der Waals surface area (Å²) in [6.45, 7) is 12.7. The molecule has 0 amide bonds. The predicted molar refractivity (Wildman–Crippen MR) is 86.1 cm³/mol. The van der Waals surface area contributed by atoms with Gasteiger partial charge in [-0.05, 0) is 66.9 Å². The molecule has 19 heavy (non-hydrogen) atoms. The molecule has 1 nitrogen and oxygen atoms in total. The summed E-state index contributed by atoms with van der Waals surface area (Å²) in [4.78, 5) is 0. The first-order valence-corrected chi connectivity index (χ1v) is 7.79. The lowest BCUT2D eigenvalue weighted by atomic mass is 9.75. The van der Waals surface area contributed by atoms with Crippen LogP contribution in [0.1, 0.15) is 63.3 Å². The molecule has 0 heterocycles. The molecule has 0 unspecified atom stereocenters. The lowest BCUT2D eigenvalue weighted by molar-refractivity contribution is 0.461. The zero-order valence-corrected chi connectivity index (χ0v) is 13.7. The second-order valence-corrected chi connectivity index (χ2v) is 6.09. The van der Waals surface area contributed by atoms with Crippen molar-refractivity contribution in [1.29, 1.82) is 0 Å². The van der Waals surface area contributed by atoms with Gasteiger partial charge in [-0.15, -0.1) is 0 Å². The van der Waals surface area contributed by atoms with E-state index in [0.717, 1.165) is 25.8 Å². The van der Waals surface area contributed by atoms with Gasteiger partial charge in [0.2, 0.25) is 0 Å². The minimum atomic E-state index is 0.256. The maximum atomic E-state index is 3.29. The summed E-state index contributed by atoms with van der Waals surface area (Å²) >= 11 is 0. The summed E-state index contributed by atoms with van der Waals surface area (Å²) in [7, 11) is 2.04. The van der Waals surface area contributed by atoms with Gasteiger partial charge in [0.1, 0.15) is 0 Å². The predicted octanol–water partition coefficient (Wildman–Crippen LogP) is 4.26. The van der Waals surface area contributed by atoms with Crippen molar-refractivity contribution in [2.75, 3.05) is 13.6 Å². The Balaban J connectivity index is 3.30. The minimum absolute atomic E-state index is 0.256. The molecule has 1 aromatic carbocycles. The van der Waals surface area contributed by atoms with Crippen molar-refractivity contribution in [2.24, 2.45) is 0 Å². The van der Waals surface area contributed by atoms with Gasteiger partial charge in [0.25, 0.3) is 0 Å². The van der Waals surface area contributed by atoms with E-state index in [4.69, 9.17) is 0 Å². The van der Waals surface area contributed by atoms with Crippen LogP contribution in [0.25, 0.3) is 0 Å². The van der Waals surface area contributed by atoms with Crippen LogP contribution in [0.15, 0.2) is 12.1 Å². The van der Waals surface area contributed by atoms with Crippen molar-refractivity contribution in [2.45, 2.75) is 65.7 Å². The van der Waals surface area contributed by atoms with Gasteiger partial charge in [-0.1, -0.05) is 46.8 Å².